The van der Waals surface area contributed by atoms with Gasteiger partial charge in [-0.2, -0.15) is 0 Å². The topological polar surface area (TPSA) is 37.3 Å². The number of rotatable bonds is 1. The number of carboxylic acids is 1. The van der Waals surface area contributed by atoms with Gasteiger partial charge in [0.15, 0.2) is 5.83 Å². The van der Waals surface area contributed by atoms with Crippen molar-refractivity contribution in [3.8, 4) is 0 Å². The first-order valence-electron chi connectivity index (χ1n) is 3.12. The second-order valence-electron chi connectivity index (χ2n) is 2.37. The molecule has 1 atom stereocenters. The molecule has 0 heterocycles. The molecule has 1 aliphatic carbocycles. The van der Waals surface area contributed by atoms with E-state index in [1.165, 1.54) is 0 Å². The fourth-order valence-corrected chi connectivity index (χ4v) is 0.917. The molecule has 0 saturated heterocycles. The van der Waals surface area contributed by atoms with Crippen LogP contribution in [0.15, 0.2) is 23.6 Å². The van der Waals surface area contributed by atoms with Crippen LogP contribution in [0.3, 0.4) is 0 Å². The van der Waals surface area contributed by atoms with Crippen LogP contribution in [0.5, 0.6) is 0 Å². The van der Waals surface area contributed by atoms with Gasteiger partial charge in [-0.05, 0) is 6.08 Å². The summed E-state index contributed by atoms with van der Waals surface area (Å²) in [5.41, 5.74) is -0.276. The highest BCUT2D eigenvalue weighted by atomic mass is 35.5. The van der Waals surface area contributed by atoms with Gasteiger partial charge in [-0.25, -0.2) is 13.6 Å². The number of halogens is 3. The third-order valence-electron chi connectivity index (χ3n) is 1.46. The standard InChI is InChI=1S/C7H5ClF2O2/c8-7(10)2-1-4(6(11)12)3-5(7)9/h1,3H,2H2,(H,11,12). The average Bonchev–Trinajstić information content (AvgIpc) is 1.94. The van der Waals surface area contributed by atoms with Crippen molar-refractivity contribution in [2.24, 2.45) is 0 Å². The number of alkyl halides is 2. The van der Waals surface area contributed by atoms with E-state index in [4.69, 9.17) is 16.7 Å². The Labute approximate surface area is 72.1 Å². The maximum atomic E-state index is 12.8. The van der Waals surface area contributed by atoms with Crippen molar-refractivity contribution in [3.63, 3.8) is 0 Å². The lowest BCUT2D eigenvalue weighted by Crippen LogP contribution is -2.19. The number of hydrogen-bond acceptors (Lipinski definition) is 1. The van der Waals surface area contributed by atoms with Crippen LogP contribution in [0.2, 0.25) is 0 Å². The van der Waals surface area contributed by atoms with Gasteiger partial charge in [0.25, 0.3) is 0 Å². The number of hydrogen-bond donors (Lipinski definition) is 1. The Balaban J connectivity index is 2.93. The molecule has 0 aromatic rings. The highest BCUT2D eigenvalue weighted by molar-refractivity contribution is 6.24. The summed E-state index contributed by atoms with van der Waals surface area (Å²) < 4.78 is 25.4. The van der Waals surface area contributed by atoms with E-state index in [0.29, 0.717) is 6.08 Å². The summed E-state index contributed by atoms with van der Waals surface area (Å²) in [6, 6.07) is 0. The SMILES string of the molecule is O=C(O)C1=CCC(F)(Cl)C(F)=C1. The van der Waals surface area contributed by atoms with Crippen molar-refractivity contribution in [2.75, 3.05) is 0 Å². The maximum Gasteiger partial charge on any atom is 0.335 e. The summed E-state index contributed by atoms with van der Waals surface area (Å²) in [6.45, 7) is 0. The molecule has 1 N–H and O–H groups in total. The van der Waals surface area contributed by atoms with Crippen molar-refractivity contribution >= 4 is 17.6 Å². The molecule has 66 valence electrons. The van der Waals surface area contributed by atoms with Crippen LogP contribution in [-0.4, -0.2) is 16.2 Å². The van der Waals surface area contributed by atoms with E-state index in [-0.39, 0.29) is 5.57 Å². The van der Waals surface area contributed by atoms with Gasteiger partial charge in [0, 0.05) is 6.42 Å². The molecule has 1 aliphatic rings. The predicted octanol–water partition coefficient (Wildman–Crippen LogP) is 2.16. The Hall–Kier alpha value is -0.900. The summed E-state index contributed by atoms with van der Waals surface area (Å²) in [4.78, 5) is 10.3. The number of allylic oxidation sites excluding steroid dienone is 2. The Morgan fingerprint density at radius 1 is 1.75 bits per heavy atom. The van der Waals surface area contributed by atoms with Crippen LogP contribution in [0.4, 0.5) is 8.78 Å². The van der Waals surface area contributed by atoms with Crippen LogP contribution >= 0.6 is 11.6 Å². The lowest BCUT2D eigenvalue weighted by atomic mass is 10.0. The monoisotopic (exact) mass is 194 g/mol. The molecule has 0 aromatic heterocycles. The van der Waals surface area contributed by atoms with Gasteiger partial charge in [-0.15, -0.1) is 0 Å². The van der Waals surface area contributed by atoms with Crippen LogP contribution in [0.25, 0.3) is 0 Å². The Morgan fingerprint density at radius 2 is 2.33 bits per heavy atom. The second-order valence-corrected chi connectivity index (χ2v) is 2.96. The van der Waals surface area contributed by atoms with Crippen LogP contribution < -0.4 is 0 Å². The van der Waals surface area contributed by atoms with Crippen molar-refractivity contribution in [3.05, 3.63) is 23.6 Å². The minimum Gasteiger partial charge on any atom is -0.478 e. The van der Waals surface area contributed by atoms with Crippen molar-refractivity contribution < 1.29 is 18.7 Å². The van der Waals surface area contributed by atoms with Crippen molar-refractivity contribution in [1.82, 2.24) is 0 Å². The van der Waals surface area contributed by atoms with Gasteiger partial charge in [-0.3, -0.25) is 0 Å². The Bertz CT molecular complexity index is 281. The van der Waals surface area contributed by atoms with Gasteiger partial charge in [0.05, 0.1) is 5.57 Å². The van der Waals surface area contributed by atoms with Crippen molar-refractivity contribution in [1.29, 1.82) is 0 Å². The zero-order valence-electron chi connectivity index (χ0n) is 5.85. The summed E-state index contributed by atoms with van der Waals surface area (Å²) in [7, 11) is 0. The Kier molecular flexibility index (Phi) is 2.19. The number of aliphatic carboxylic acids is 1. The van der Waals surface area contributed by atoms with Crippen molar-refractivity contribution in [2.45, 2.75) is 11.5 Å². The smallest absolute Gasteiger partial charge is 0.335 e. The molecule has 0 saturated carbocycles. The van der Waals surface area contributed by atoms with Gasteiger partial charge in [-0.1, -0.05) is 17.7 Å². The van der Waals surface area contributed by atoms with E-state index in [9.17, 15) is 13.6 Å². The molecule has 0 amide bonds. The minimum atomic E-state index is -2.57. The molecule has 0 aromatic carbocycles. The molecule has 1 unspecified atom stereocenters. The summed E-state index contributed by atoms with van der Waals surface area (Å²) in [5, 5.41) is 5.81. The average molecular weight is 195 g/mol. The molecule has 0 bridgehead atoms. The molecule has 12 heavy (non-hydrogen) atoms. The maximum absolute atomic E-state index is 12.8. The lowest BCUT2D eigenvalue weighted by molar-refractivity contribution is -0.132. The van der Waals surface area contributed by atoms with Gasteiger partial charge in [0.2, 0.25) is 5.13 Å². The third kappa shape index (κ3) is 1.64. The van der Waals surface area contributed by atoms with Crippen LogP contribution in [-0.2, 0) is 4.79 Å². The summed E-state index contributed by atoms with van der Waals surface area (Å²) in [6.07, 6.45) is 1.16. The highest BCUT2D eigenvalue weighted by Crippen LogP contribution is 2.36. The summed E-state index contributed by atoms with van der Waals surface area (Å²) >= 11 is 5.05. The normalized spacial score (nSPS) is 29.2. The van der Waals surface area contributed by atoms with Crippen LogP contribution in [0, 0.1) is 0 Å². The fourth-order valence-electron chi connectivity index (χ4n) is 0.786. The van der Waals surface area contributed by atoms with Gasteiger partial charge < -0.3 is 5.11 Å². The van der Waals surface area contributed by atoms with E-state index < -0.39 is 23.3 Å². The van der Waals surface area contributed by atoms with E-state index >= 15 is 0 Å². The Morgan fingerprint density at radius 3 is 2.75 bits per heavy atom. The largest absolute Gasteiger partial charge is 0.478 e. The first kappa shape index (κ1) is 9.19. The molecule has 0 radical (unpaired) electrons. The molecule has 2 nitrogen and oxygen atoms in total. The van der Waals surface area contributed by atoms with E-state index in [0.717, 1.165) is 6.08 Å². The third-order valence-corrected chi connectivity index (χ3v) is 1.79. The van der Waals surface area contributed by atoms with E-state index in [1.807, 2.05) is 0 Å². The second kappa shape index (κ2) is 2.86. The molecular weight excluding hydrogens is 190 g/mol. The molecule has 1 rings (SSSR count). The predicted molar refractivity (Wildman–Crippen MR) is 39.2 cm³/mol. The highest BCUT2D eigenvalue weighted by Gasteiger charge is 2.35. The minimum absolute atomic E-state index is 0.276. The summed E-state index contributed by atoms with van der Waals surface area (Å²) in [5.74, 6) is -2.55. The first-order chi connectivity index (χ1) is 5.43. The molecule has 0 fully saturated rings. The van der Waals surface area contributed by atoms with E-state index in [1.54, 1.807) is 0 Å². The molecule has 0 spiro atoms. The molecule has 0 aliphatic heterocycles. The van der Waals surface area contributed by atoms with Crippen LogP contribution in [0.1, 0.15) is 6.42 Å². The number of carboxylic acid groups (broad SMARTS) is 1. The van der Waals surface area contributed by atoms with Gasteiger partial charge >= 0.3 is 5.97 Å². The first-order valence-corrected chi connectivity index (χ1v) is 3.50. The molecule has 5 heteroatoms. The zero-order chi connectivity index (χ0) is 9.35. The molecular formula is C7H5ClF2O2. The fraction of sp³-hybridized carbons (Fsp3) is 0.286. The van der Waals surface area contributed by atoms with E-state index in [2.05, 4.69) is 0 Å². The van der Waals surface area contributed by atoms with Gasteiger partial charge in [0.1, 0.15) is 0 Å². The zero-order valence-corrected chi connectivity index (χ0v) is 6.61. The number of carbonyl (C=O) groups is 1. The quantitative estimate of drug-likeness (QED) is 0.650. The lowest BCUT2D eigenvalue weighted by Gasteiger charge is -2.17.